The van der Waals surface area contributed by atoms with E-state index in [1.807, 2.05) is 4.57 Å². The average molecular weight is 330 g/mol. The molecule has 3 N–H and O–H groups in total. The standard InChI is InChI=1S/C13H23N4O4P/c1-21-22(19,20)7-5-3-2-4-6-17-10-16-13-12(17)11(18)8-14-9-15-13/h9-11,18H,2-8H2,1H3,(H,14,15)(H,19,20). The largest absolute Gasteiger partial charge is 0.385 e. The first kappa shape index (κ1) is 17.1. The van der Waals surface area contributed by atoms with Crippen molar-refractivity contribution in [1.29, 1.82) is 0 Å². The monoisotopic (exact) mass is 330 g/mol. The highest BCUT2D eigenvalue weighted by molar-refractivity contribution is 7.52. The molecule has 0 amide bonds. The van der Waals surface area contributed by atoms with Crippen molar-refractivity contribution < 1.29 is 19.1 Å². The summed E-state index contributed by atoms with van der Waals surface area (Å²) in [5, 5.41) is 13.0. The third-order valence-electron chi connectivity index (χ3n) is 3.64. The van der Waals surface area contributed by atoms with Crippen molar-refractivity contribution in [2.45, 2.75) is 38.3 Å². The molecule has 0 bridgehead atoms. The van der Waals surface area contributed by atoms with E-state index in [9.17, 15) is 14.6 Å². The molecule has 0 fully saturated rings. The first-order valence-electron chi connectivity index (χ1n) is 7.39. The lowest BCUT2D eigenvalue weighted by molar-refractivity contribution is 0.178. The first-order chi connectivity index (χ1) is 10.5. The van der Waals surface area contributed by atoms with Crippen LogP contribution in [0.2, 0.25) is 0 Å². The van der Waals surface area contributed by atoms with Crippen LogP contribution in [0.3, 0.4) is 0 Å². The van der Waals surface area contributed by atoms with Gasteiger partial charge in [-0.15, -0.1) is 0 Å². The normalized spacial score (nSPS) is 20.0. The second kappa shape index (κ2) is 7.87. The Hall–Kier alpha value is -1.21. The molecule has 2 heterocycles. The number of fused-ring (bicyclic) bond motifs is 1. The highest BCUT2D eigenvalue weighted by Gasteiger charge is 2.20. The number of aliphatic hydroxyl groups excluding tert-OH is 1. The van der Waals surface area contributed by atoms with E-state index in [0.717, 1.165) is 31.5 Å². The quantitative estimate of drug-likeness (QED) is 0.495. The van der Waals surface area contributed by atoms with Gasteiger partial charge >= 0.3 is 7.60 Å². The van der Waals surface area contributed by atoms with Crippen molar-refractivity contribution >= 4 is 19.8 Å². The molecule has 0 saturated heterocycles. The number of hydrogen-bond acceptors (Lipinski definition) is 6. The van der Waals surface area contributed by atoms with Crippen molar-refractivity contribution in [3.63, 3.8) is 0 Å². The number of hydrogen-bond donors (Lipinski definition) is 3. The number of anilines is 1. The Morgan fingerprint density at radius 3 is 3.00 bits per heavy atom. The molecule has 1 aromatic heterocycles. The molecular formula is C13H23N4O4P. The highest BCUT2D eigenvalue weighted by Crippen LogP contribution is 2.41. The molecule has 2 atom stereocenters. The molecular weight excluding hydrogens is 307 g/mol. The topological polar surface area (TPSA) is 109 Å². The molecule has 1 aliphatic rings. The number of aryl methyl sites for hydroxylation is 1. The Balaban J connectivity index is 1.75. The van der Waals surface area contributed by atoms with Crippen molar-refractivity contribution in [1.82, 2.24) is 9.55 Å². The number of rotatable bonds is 8. The summed E-state index contributed by atoms with van der Waals surface area (Å²) >= 11 is 0. The van der Waals surface area contributed by atoms with E-state index >= 15 is 0 Å². The molecule has 0 aliphatic carbocycles. The Labute approximate surface area is 129 Å². The van der Waals surface area contributed by atoms with Gasteiger partial charge in [-0.25, -0.2) is 4.98 Å². The number of aliphatic imine (C=N–C) groups is 1. The highest BCUT2D eigenvalue weighted by atomic mass is 31.2. The molecule has 0 radical (unpaired) electrons. The summed E-state index contributed by atoms with van der Waals surface area (Å²) in [4.78, 5) is 17.6. The summed E-state index contributed by atoms with van der Waals surface area (Å²) in [6.07, 6.45) is 6.21. The summed E-state index contributed by atoms with van der Waals surface area (Å²) in [6.45, 7) is 1.08. The minimum absolute atomic E-state index is 0.198. The average Bonchev–Trinajstić information content (AvgIpc) is 2.80. The van der Waals surface area contributed by atoms with Gasteiger partial charge < -0.3 is 24.4 Å². The van der Waals surface area contributed by atoms with Crippen LogP contribution in [0.5, 0.6) is 0 Å². The van der Waals surface area contributed by atoms with Gasteiger partial charge in [0.05, 0.1) is 24.9 Å². The summed E-state index contributed by atoms with van der Waals surface area (Å²) in [5.74, 6) is 0.648. The zero-order chi connectivity index (χ0) is 16.0. The van der Waals surface area contributed by atoms with E-state index in [1.54, 1.807) is 12.7 Å². The van der Waals surface area contributed by atoms with Crippen LogP contribution in [-0.4, -0.2) is 45.7 Å². The summed E-state index contributed by atoms with van der Waals surface area (Å²) < 4.78 is 17.8. The van der Waals surface area contributed by atoms with Gasteiger partial charge in [0.15, 0.2) is 5.82 Å². The minimum atomic E-state index is -3.37. The van der Waals surface area contributed by atoms with Crippen LogP contribution < -0.4 is 5.32 Å². The van der Waals surface area contributed by atoms with Gasteiger partial charge in [-0.2, -0.15) is 0 Å². The third-order valence-corrected chi connectivity index (χ3v) is 5.09. The lowest BCUT2D eigenvalue weighted by atomic mass is 10.2. The Morgan fingerprint density at radius 1 is 1.45 bits per heavy atom. The fourth-order valence-corrected chi connectivity index (χ4v) is 3.22. The SMILES string of the molecule is COP(=O)(O)CCCCCCn1cnc2c1C(O)CN=CN2. The van der Waals surface area contributed by atoms with E-state index in [-0.39, 0.29) is 6.16 Å². The number of unbranched alkanes of at least 4 members (excludes halogenated alkanes) is 3. The molecule has 1 aromatic rings. The van der Waals surface area contributed by atoms with Gasteiger partial charge in [0.2, 0.25) is 0 Å². The van der Waals surface area contributed by atoms with E-state index < -0.39 is 13.7 Å². The predicted octanol–water partition coefficient (Wildman–Crippen LogP) is 1.76. The van der Waals surface area contributed by atoms with Crippen molar-refractivity contribution in [2.24, 2.45) is 4.99 Å². The second-order valence-corrected chi connectivity index (χ2v) is 7.37. The Kier molecular flexibility index (Phi) is 6.14. The summed E-state index contributed by atoms with van der Waals surface area (Å²) in [6, 6.07) is 0. The smallest absolute Gasteiger partial charge is 0.327 e. The van der Waals surface area contributed by atoms with E-state index in [2.05, 4.69) is 19.8 Å². The van der Waals surface area contributed by atoms with Crippen LogP contribution >= 0.6 is 7.60 Å². The van der Waals surface area contributed by atoms with Gasteiger partial charge in [-0.3, -0.25) is 9.56 Å². The van der Waals surface area contributed by atoms with Crippen molar-refractivity contribution in [3.8, 4) is 0 Å². The molecule has 1 aliphatic heterocycles. The Bertz CT molecular complexity index is 560. The van der Waals surface area contributed by atoms with Crippen molar-refractivity contribution in [2.75, 3.05) is 25.1 Å². The summed E-state index contributed by atoms with van der Waals surface area (Å²) in [5.41, 5.74) is 0.761. The fraction of sp³-hybridized carbons (Fsp3) is 0.692. The zero-order valence-corrected chi connectivity index (χ0v) is 13.6. The number of nitrogens with one attached hydrogen (secondary N) is 1. The number of nitrogens with zero attached hydrogens (tertiary/aromatic N) is 3. The molecule has 0 saturated carbocycles. The van der Waals surface area contributed by atoms with Gasteiger partial charge in [-0.05, 0) is 12.8 Å². The third kappa shape index (κ3) is 4.64. The molecule has 2 unspecified atom stereocenters. The van der Waals surface area contributed by atoms with Crippen LogP contribution in [-0.2, 0) is 15.6 Å². The minimum Gasteiger partial charge on any atom is -0.385 e. The lowest BCUT2D eigenvalue weighted by Gasteiger charge is -2.12. The molecule has 0 spiro atoms. The van der Waals surface area contributed by atoms with Gasteiger partial charge in [0, 0.05) is 19.8 Å². The van der Waals surface area contributed by atoms with Crippen LogP contribution in [0, 0.1) is 0 Å². The zero-order valence-electron chi connectivity index (χ0n) is 12.7. The predicted molar refractivity (Wildman–Crippen MR) is 84.3 cm³/mol. The van der Waals surface area contributed by atoms with Crippen LogP contribution in [0.4, 0.5) is 5.82 Å². The first-order valence-corrected chi connectivity index (χ1v) is 9.15. The number of aromatic nitrogens is 2. The van der Waals surface area contributed by atoms with Crippen LogP contribution in [0.15, 0.2) is 11.3 Å². The second-order valence-electron chi connectivity index (χ2n) is 5.28. The molecule has 8 nitrogen and oxygen atoms in total. The van der Waals surface area contributed by atoms with Crippen LogP contribution in [0.25, 0.3) is 0 Å². The maximum atomic E-state index is 11.3. The molecule has 9 heteroatoms. The number of aliphatic hydroxyl groups is 1. The fourth-order valence-electron chi connectivity index (χ4n) is 2.41. The Morgan fingerprint density at radius 2 is 2.23 bits per heavy atom. The van der Waals surface area contributed by atoms with Gasteiger partial charge in [0.1, 0.15) is 6.10 Å². The van der Waals surface area contributed by atoms with Gasteiger partial charge in [-0.1, -0.05) is 12.8 Å². The number of imidazole rings is 1. The van der Waals surface area contributed by atoms with Crippen molar-refractivity contribution in [3.05, 3.63) is 12.0 Å². The van der Waals surface area contributed by atoms with E-state index in [0.29, 0.717) is 18.8 Å². The maximum absolute atomic E-state index is 11.3. The van der Waals surface area contributed by atoms with Crippen LogP contribution in [0.1, 0.15) is 37.5 Å². The summed E-state index contributed by atoms with van der Waals surface area (Å²) in [7, 11) is -2.11. The van der Waals surface area contributed by atoms with E-state index in [1.165, 1.54) is 7.11 Å². The molecule has 22 heavy (non-hydrogen) atoms. The van der Waals surface area contributed by atoms with E-state index in [4.69, 9.17) is 0 Å². The molecule has 124 valence electrons. The molecule has 2 rings (SSSR count). The lowest BCUT2D eigenvalue weighted by Crippen LogP contribution is -2.10. The molecule has 0 aromatic carbocycles. The van der Waals surface area contributed by atoms with Gasteiger partial charge in [0.25, 0.3) is 0 Å². The maximum Gasteiger partial charge on any atom is 0.327 e.